The van der Waals surface area contributed by atoms with Crippen molar-refractivity contribution >= 4 is 28.5 Å². The van der Waals surface area contributed by atoms with Crippen LogP contribution in [0.1, 0.15) is 38.6 Å². The Hall–Kier alpha value is -2.96. The fraction of sp³-hybridized carbons (Fsp3) is 0.368. The number of carbonyl (C=O) groups is 2. The van der Waals surface area contributed by atoms with Crippen LogP contribution < -0.4 is 10.9 Å². The molecule has 0 spiro atoms. The summed E-state index contributed by atoms with van der Waals surface area (Å²) in [5.74, 6) is -0.178. The molecule has 1 amide bonds. The molecule has 1 N–H and O–H groups in total. The second-order valence-corrected chi connectivity index (χ2v) is 6.57. The van der Waals surface area contributed by atoms with Crippen LogP contribution in [0.15, 0.2) is 35.1 Å². The van der Waals surface area contributed by atoms with E-state index in [0.29, 0.717) is 22.4 Å². The summed E-state index contributed by atoms with van der Waals surface area (Å²) in [6.45, 7) is 3.96. The number of rotatable bonds is 4. The van der Waals surface area contributed by atoms with Crippen molar-refractivity contribution in [1.29, 1.82) is 0 Å². The number of amides is 1. The number of allylic oxidation sites excluding steroid dienone is 1. The SMILES string of the molecule is COC(=O)CC[C@H]1C(=O)N/C(=C\C(C)C)c2nc3ccccc3c(=O)n21. The van der Waals surface area contributed by atoms with Crippen LogP contribution in [0.25, 0.3) is 16.6 Å². The zero-order valence-corrected chi connectivity index (χ0v) is 15.0. The lowest BCUT2D eigenvalue weighted by Gasteiger charge is -2.29. The van der Waals surface area contributed by atoms with Crippen LogP contribution in [0.4, 0.5) is 0 Å². The van der Waals surface area contributed by atoms with Gasteiger partial charge in [-0.2, -0.15) is 0 Å². The van der Waals surface area contributed by atoms with Gasteiger partial charge in [0, 0.05) is 6.42 Å². The predicted octanol–water partition coefficient (Wildman–Crippen LogP) is 2.02. The van der Waals surface area contributed by atoms with Crippen LogP contribution in [0.5, 0.6) is 0 Å². The molecule has 0 saturated heterocycles. The molecule has 0 aliphatic carbocycles. The lowest BCUT2D eigenvalue weighted by atomic mass is 10.0. The van der Waals surface area contributed by atoms with Gasteiger partial charge in [0.25, 0.3) is 5.56 Å². The zero-order valence-electron chi connectivity index (χ0n) is 15.0. The number of nitrogens with one attached hydrogen (secondary N) is 1. The Morgan fingerprint density at radius 2 is 2.08 bits per heavy atom. The highest BCUT2D eigenvalue weighted by molar-refractivity contribution is 5.93. The number of benzene rings is 1. The van der Waals surface area contributed by atoms with Gasteiger partial charge in [0.1, 0.15) is 6.04 Å². The molecule has 7 heteroatoms. The molecule has 1 aromatic carbocycles. The molecule has 3 rings (SSSR count). The summed E-state index contributed by atoms with van der Waals surface area (Å²) in [4.78, 5) is 41.8. The van der Waals surface area contributed by atoms with E-state index in [4.69, 9.17) is 0 Å². The quantitative estimate of drug-likeness (QED) is 0.848. The Morgan fingerprint density at radius 1 is 1.35 bits per heavy atom. The van der Waals surface area contributed by atoms with Gasteiger partial charge in [0.2, 0.25) is 5.91 Å². The molecule has 0 radical (unpaired) electrons. The number of fused-ring (bicyclic) bond motifs is 2. The van der Waals surface area contributed by atoms with Crippen LogP contribution in [0.3, 0.4) is 0 Å². The monoisotopic (exact) mass is 355 g/mol. The number of hydrogen-bond donors (Lipinski definition) is 1. The number of nitrogens with zero attached hydrogens (tertiary/aromatic N) is 2. The van der Waals surface area contributed by atoms with Crippen molar-refractivity contribution in [2.45, 2.75) is 32.7 Å². The molecule has 2 aromatic rings. The first-order valence-corrected chi connectivity index (χ1v) is 8.53. The third-order valence-electron chi connectivity index (χ3n) is 4.27. The van der Waals surface area contributed by atoms with E-state index >= 15 is 0 Å². The summed E-state index contributed by atoms with van der Waals surface area (Å²) < 4.78 is 6.05. The van der Waals surface area contributed by atoms with E-state index in [2.05, 4.69) is 15.0 Å². The predicted molar refractivity (Wildman–Crippen MR) is 97.2 cm³/mol. The Kier molecular flexibility index (Phi) is 4.88. The fourth-order valence-corrected chi connectivity index (χ4v) is 3.08. The van der Waals surface area contributed by atoms with E-state index in [1.807, 2.05) is 26.0 Å². The molecule has 1 atom stereocenters. The molecule has 0 saturated carbocycles. The van der Waals surface area contributed by atoms with Gasteiger partial charge in [-0.05, 0) is 24.5 Å². The summed E-state index contributed by atoms with van der Waals surface area (Å²) in [6, 6.07) is 6.22. The minimum absolute atomic E-state index is 0.0382. The molecule has 1 aliphatic rings. The van der Waals surface area contributed by atoms with Gasteiger partial charge in [-0.3, -0.25) is 19.0 Å². The molecule has 0 bridgehead atoms. The molecular formula is C19H21N3O4. The van der Waals surface area contributed by atoms with Crippen molar-refractivity contribution in [3.05, 3.63) is 46.5 Å². The zero-order chi connectivity index (χ0) is 18.8. The van der Waals surface area contributed by atoms with Gasteiger partial charge < -0.3 is 10.1 Å². The maximum atomic E-state index is 13.1. The number of hydrogen-bond acceptors (Lipinski definition) is 5. The van der Waals surface area contributed by atoms with Gasteiger partial charge in [-0.1, -0.05) is 32.1 Å². The van der Waals surface area contributed by atoms with Crippen LogP contribution in [0.2, 0.25) is 0 Å². The van der Waals surface area contributed by atoms with Crippen LogP contribution >= 0.6 is 0 Å². The van der Waals surface area contributed by atoms with Crippen molar-refractivity contribution < 1.29 is 14.3 Å². The second-order valence-electron chi connectivity index (χ2n) is 6.57. The molecule has 136 valence electrons. The maximum Gasteiger partial charge on any atom is 0.305 e. The van der Waals surface area contributed by atoms with Crippen molar-refractivity contribution in [3.8, 4) is 0 Å². The van der Waals surface area contributed by atoms with E-state index in [0.717, 1.165) is 0 Å². The summed E-state index contributed by atoms with van der Waals surface area (Å²) in [5.41, 5.74) is 0.799. The Labute approximate surface area is 150 Å². The molecule has 7 nitrogen and oxygen atoms in total. The minimum Gasteiger partial charge on any atom is -0.469 e. The van der Waals surface area contributed by atoms with E-state index in [9.17, 15) is 14.4 Å². The highest BCUT2D eigenvalue weighted by atomic mass is 16.5. The molecule has 2 heterocycles. The van der Waals surface area contributed by atoms with Crippen LogP contribution in [-0.2, 0) is 14.3 Å². The number of methoxy groups -OCH3 is 1. The van der Waals surface area contributed by atoms with E-state index < -0.39 is 12.0 Å². The Balaban J connectivity index is 2.20. The van der Waals surface area contributed by atoms with Crippen molar-refractivity contribution in [2.75, 3.05) is 7.11 Å². The Morgan fingerprint density at radius 3 is 2.77 bits per heavy atom. The molecule has 1 aromatic heterocycles. The lowest BCUT2D eigenvalue weighted by molar-refractivity contribution is -0.141. The van der Waals surface area contributed by atoms with Gasteiger partial charge >= 0.3 is 5.97 Å². The smallest absolute Gasteiger partial charge is 0.305 e. The average molecular weight is 355 g/mol. The van der Waals surface area contributed by atoms with E-state index in [1.54, 1.807) is 18.2 Å². The van der Waals surface area contributed by atoms with Gasteiger partial charge in [0.05, 0.1) is 23.7 Å². The average Bonchev–Trinajstić information content (AvgIpc) is 2.61. The van der Waals surface area contributed by atoms with Gasteiger partial charge in [0.15, 0.2) is 5.82 Å². The molecule has 26 heavy (non-hydrogen) atoms. The minimum atomic E-state index is -0.807. The van der Waals surface area contributed by atoms with Crippen molar-refractivity contribution in [3.63, 3.8) is 0 Å². The number of aromatic nitrogens is 2. The number of carbonyl (C=O) groups excluding carboxylic acids is 2. The standard InChI is InChI=1S/C19H21N3O4/c1-11(2)10-14-17-20-13-7-5-4-6-12(13)19(25)22(17)15(18(24)21-14)8-9-16(23)26-3/h4-7,10-11,15H,8-9H2,1-3H3,(H,21,24)/b14-10-/t15-/m0/s1. The van der Waals surface area contributed by atoms with Gasteiger partial charge in [-0.25, -0.2) is 4.98 Å². The lowest BCUT2D eigenvalue weighted by Crippen LogP contribution is -2.44. The third-order valence-corrected chi connectivity index (χ3v) is 4.27. The second kappa shape index (κ2) is 7.11. The van der Waals surface area contributed by atoms with Crippen LogP contribution in [0, 0.1) is 5.92 Å². The first-order chi connectivity index (χ1) is 12.4. The largest absolute Gasteiger partial charge is 0.469 e. The maximum absolute atomic E-state index is 13.1. The van der Waals surface area contributed by atoms with E-state index in [-0.39, 0.29) is 30.2 Å². The van der Waals surface area contributed by atoms with E-state index in [1.165, 1.54) is 11.7 Å². The molecule has 0 fully saturated rings. The summed E-state index contributed by atoms with van der Waals surface area (Å²) in [6.07, 6.45) is 2.07. The molecule has 0 unspecified atom stereocenters. The summed E-state index contributed by atoms with van der Waals surface area (Å²) in [5, 5.41) is 3.28. The summed E-state index contributed by atoms with van der Waals surface area (Å²) in [7, 11) is 1.29. The summed E-state index contributed by atoms with van der Waals surface area (Å²) >= 11 is 0. The highest BCUT2D eigenvalue weighted by Gasteiger charge is 2.33. The fourth-order valence-electron chi connectivity index (χ4n) is 3.08. The van der Waals surface area contributed by atoms with Crippen molar-refractivity contribution in [2.24, 2.45) is 5.92 Å². The van der Waals surface area contributed by atoms with Crippen LogP contribution in [-0.4, -0.2) is 28.5 Å². The van der Waals surface area contributed by atoms with Gasteiger partial charge in [-0.15, -0.1) is 0 Å². The normalized spacial score (nSPS) is 18.1. The number of esters is 1. The topological polar surface area (TPSA) is 90.3 Å². The third kappa shape index (κ3) is 3.24. The number of ether oxygens (including phenoxy) is 1. The first-order valence-electron chi connectivity index (χ1n) is 8.53. The number of para-hydroxylation sites is 1. The van der Waals surface area contributed by atoms with Crippen molar-refractivity contribution in [1.82, 2.24) is 14.9 Å². The molecular weight excluding hydrogens is 334 g/mol. The molecule has 1 aliphatic heterocycles. The first kappa shape index (κ1) is 17.8. The highest BCUT2D eigenvalue weighted by Crippen LogP contribution is 2.26. The Bertz CT molecular complexity index is 959.